The van der Waals surface area contributed by atoms with Gasteiger partial charge in [0.2, 0.25) is 0 Å². The number of amides is 4. The van der Waals surface area contributed by atoms with Crippen molar-refractivity contribution in [3.8, 4) is 5.75 Å². The van der Waals surface area contributed by atoms with E-state index in [-0.39, 0.29) is 5.57 Å². The SMILES string of the molecule is CCCCOc1ccc(Cl)cc1/C=C1/C(=O)NC(=O)N(c2cccc(Cl)c2C)C1=O. The number of nitrogens with one attached hydrogen (secondary N) is 1. The van der Waals surface area contributed by atoms with Crippen LogP contribution in [0.3, 0.4) is 0 Å². The lowest BCUT2D eigenvalue weighted by atomic mass is 10.0. The third-order valence-corrected chi connectivity index (χ3v) is 5.25. The van der Waals surface area contributed by atoms with Crippen LogP contribution in [0.4, 0.5) is 10.5 Å². The Bertz CT molecular complexity index is 1050. The van der Waals surface area contributed by atoms with Crippen LogP contribution in [0.2, 0.25) is 10.0 Å². The van der Waals surface area contributed by atoms with Crippen LogP contribution >= 0.6 is 23.2 Å². The predicted molar refractivity (Wildman–Crippen MR) is 117 cm³/mol. The highest BCUT2D eigenvalue weighted by Crippen LogP contribution is 2.31. The van der Waals surface area contributed by atoms with E-state index in [4.69, 9.17) is 27.9 Å². The fourth-order valence-corrected chi connectivity index (χ4v) is 3.31. The molecule has 6 nitrogen and oxygen atoms in total. The second-order valence-corrected chi connectivity index (χ2v) is 7.57. The summed E-state index contributed by atoms with van der Waals surface area (Å²) in [7, 11) is 0. The van der Waals surface area contributed by atoms with Gasteiger partial charge >= 0.3 is 6.03 Å². The normalized spacial score (nSPS) is 15.5. The zero-order chi connectivity index (χ0) is 21.8. The standard InChI is InChI=1S/C22H20Cl2N2O4/c1-3-4-10-30-19-9-8-15(23)11-14(19)12-16-20(27)25-22(29)26(21(16)28)18-7-5-6-17(24)13(18)2/h5-9,11-12H,3-4,10H2,1-2H3,(H,25,27,29)/b16-12-. The highest BCUT2D eigenvalue weighted by atomic mass is 35.5. The summed E-state index contributed by atoms with van der Waals surface area (Å²) < 4.78 is 5.77. The lowest BCUT2D eigenvalue weighted by Gasteiger charge is -2.27. The van der Waals surface area contributed by atoms with Gasteiger partial charge in [0.25, 0.3) is 11.8 Å². The number of hydrogen-bond donors (Lipinski definition) is 1. The number of nitrogens with zero attached hydrogens (tertiary/aromatic N) is 1. The van der Waals surface area contributed by atoms with Gasteiger partial charge in [0.1, 0.15) is 11.3 Å². The van der Waals surface area contributed by atoms with Crippen molar-refractivity contribution < 1.29 is 19.1 Å². The van der Waals surface area contributed by atoms with Crippen LogP contribution in [0.25, 0.3) is 6.08 Å². The fraction of sp³-hybridized carbons (Fsp3) is 0.227. The molecule has 1 fully saturated rings. The number of ether oxygens (including phenoxy) is 1. The van der Waals surface area contributed by atoms with Gasteiger partial charge in [-0.3, -0.25) is 14.9 Å². The van der Waals surface area contributed by atoms with Crippen molar-refractivity contribution in [1.29, 1.82) is 0 Å². The summed E-state index contributed by atoms with van der Waals surface area (Å²) in [6, 6.07) is 8.98. The van der Waals surface area contributed by atoms with Gasteiger partial charge in [-0.15, -0.1) is 0 Å². The van der Waals surface area contributed by atoms with E-state index in [0.29, 0.717) is 39.2 Å². The summed E-state index contributed by atoms with van der Waals surface area (Å²) in [6.45, 7) is 4.22. The van der Waals surface area contributed by atoms with Gasteiger partial charge in [0, 0.05) is 15.6 Å². The molecule has 1 N–H and O–H groups in total. The maximum absolute atomic E-state index is 13.1. The highest BCUT2D eigenvalue weighted by Gasteiger charge is 2.37. The predicted octanol–water partition coefficient (Wildman–Crippen LogP) is 5.15. The molecule has 2 aromatic rings. The average molecular weight is 447 g/mol. The first-order valence-electron chi connectivity index (χ1n) is 9.42. The Hall–Kier alpha value is -2.83. The van der Waals surface area contributed by atoms with Crippen LogP contribution < -0.4 is 15.0 Å². The minimum absolute atomic E-state index is 0.211. The third kappa shape index (κ3) is 4.50. The van der Waals surface area contributed by atoms with Gasteiger partial charge in [-0.25, -0.2) is 9.69 Å². The first kappa shape index (κ1) is 21.9. The molecule has 0 atom stereocenters. The summed E-state index contributed by atoms with van der Waals surface area (Å²) in [4.78, 5) is 38.9. The summed E-state index contributed by atoms with van der Waals surface area (Å²) in [5.41, 5.74) is 1.10. The number of carbonyl (C=O) groups is 3. The topological polar surface area (TPSA) is 75.7 Å². The second kappa shape index (κ2) is 9.32. The first-order chi connectivity index (χ1) is 14.3. The van der Waals surface area contributed by atoms with Crippen LogP contribution in [0.1, 0.15) is 30.9 Å². The molecule has 1 saturated heterocycles. The number of carbonyl (C=O) groups excluding carboxylic acids is 3. The van der Waals surface area contributed by atoms with E-state index >= 15 is 0 Å². The Balaban J connectivity index is 2.03. The van der Waals surface area contributed by atoms with Crippen molar-refractivity contribution in [2.45, 2.75) is 26.7 Å². The van der Waals surface area contributed by atoms with Crippen LogP contribution in [0.5, 0.6) is 5.75 Å². The molecule has 0 radical (unpaired) electrons. The van der Waals surface area contributed by atoms with E-state index in [2.05, 4.69) is 5.32 Å². The minimum Gasteiger partial charge on any atom is -0.493 e. The van der Waals surface area contributed by atoms with Crippen LogP contribution in [0, 0.1) is 6.92 Å². The molecular weight excluding hydrogens is 427 g/mol. The van der Waals surface area contributed by atoms with Gasteiger partial charge in [-0.2, -0.15) is 0 Å². The molecule has 4 amide bonds. The van der Waals surface area contributed by atoms with E-state index in [0.717, 1.165) is 17.7 Å². The molecule has 30 heavy (non-hydrogen) atoms. The number of benzene rings is 2. The number of rotatable bonds is 6. The lowest BCUT2D eigenvalue weighted by molar-refractivity contribution is -0.122. The van der Waals surface area contributed by atoms with E-state index < -0.39 is 17.8 Å². The number of urea groups is 1. The minimum atomic E-state index is -0.835. The number of imide groups is 2. The van der Waals surface area contributed by atoms with Gasteiger partial charge in [-0.05, 0) is 55.3 Å². The van der Waals surface area contributed by atoms with Gasteiger partial charge in [0.05, 0.1) is 12.3 Å². The largest absolute Gasteiger partial charge is 0.493 e. The van der Waals surface area contributed by atoms with Gasteiger partial charge < -0.3 is 4.74 Å². The molecule has 3 rings (SSSR count). The summed E-state index contributed by atoms with van der Waals surface area (Å²) in [5, 5.41) is 3.03. The summed E-state index contributed by atoms with van der Waals surface area (Å²) in [6.07, 6.45) is 3.19. The van der Waals surface area contributed by atoms with E-state index in [1.54, 1.807) is 43.3 Å². The molecule has 2 aromatic carbocycles. The quantitative estimate of drug-likeness (QED) is 0.378. The Morgan fingerprint density at radius 1 is 1.13 bits per heavy atom. The molecule has 0 unspecified atom stereocenters. The highest BCUT2D eigenvalue weighted by molar-refractivity contribution is 6.40. The summed E-state index contributed by atoms with van der Waals surface area (Å²) >= 11 is 12.2. The first-order valence-corrected chi connectivity index (χ1v) is 10.2. The number of barbiturate groups is 1. The third-order valence-electron chi connectivity index (χ3n) is 4.61. The molecule has 0 saturated carbocycles. The zero-order valence-electron chi connectivity index (χ0n) is 16.5. The van der Waals surface area contributed by atoms with Gasteiger partial charge in [0.15, 0.2) is 0 Å². The van der Waals surface area contributed by atoms with E-state index in [1.165, 1.54) is 6.08 Å². The van der Waals surface area contributed by atoms with E-state index in [9.17, 15) is 14.4 Å². The number of unbranched alkanes of at least 4 members (excludes halogenated alkanes) is 1. The number of anilines is 1. The number of halogens is 2. The van der Waals surface area contributed by atoms with Gasteiger partial charge in [-0.1, -0.05) is 42.6 Å². The molecule has 1 aliphatic heterocycles. The fourth-order valence-electron chi connectivity index (χ4n) is 2.96. The maximum atomic E-state index is 13.1. The van der Waals surface area contributed by atoms with E-state index in [1.807, 2.05) is 6.92 Å². The molecule has 0 aromatic heterocycles. The molecule has 0 bridgehead atoms. The molecule has 156 valence electrons. The summed E-state index contributed by atoms with van der Waals surface area (Å²) in [5.74, 6) is -1.06. The van der Waals surface area contributed by atoms with Crippen molar-refractivity contribution in [1.82, 2.24) is 5.32 Å². The Morgan fingerprint density at radius 2 is 1.90 bits per heavy atom. The van der Waals surface area contributed by atoms with Crippen LogP contribution in [-0.2, 0) is 9.59 Å². The molecule has 1 heterocycles. The van der Waals surface area contributed by atoms with Crippen molar-refractivity contribution >= 4 is 52.8 Å². The Labute approximate surface area is 184 Å². The zero-order valence-corrected chi connectivity index (χ0v) is 18.0. The van der Waals surface area contributed by atoms with Crippen molar-refractivity contribution in [2.75, 3.05) is 11.5 Å². The smallest absolute Gasteiger partial charge is 0.335 e. The molecule has 1 aliphatic rings. The molecule has 0 aliphatic carbocycles. The monoisotopic (exact) mass is 446 g/mol. The van der Waals surface area contributed by atoms with Crippen LogP contribution in [-0.4, -0.2) is 24.5 Å². The Kier molecular flexibility index (Phi) is 6.80. The molecule has 0 spiro atoms. The van der Waals surface area contributed by atoms with Crippen LogP contribution in [0.15, 0.2) is 42.0 Å². The lowest BCUT2D eigenvalue weighted by Crippen LogP contribution is -2.54. The average Bonchev–Trinajstić information content (AvgIpc) is 2.70. The maximum Gasteiger partial charge on any atom is 0.335 e. The second-order valence-electron chi connectivity index (χ2n) is 6.73. The van der Waals surface area contributed by atoms with Crippen molar-refractivity contribution in [3.63, 3.8) is 0 Å². The van der Waals surface area contributed by atoms with Crippen molar-refractivity contribution in [3.05, 3.63) is 63.1 Å². The Morgan fingerprint density at radius 3 is 2.63 bits per heavy atom. The van der Waals surface area contributed by atoms with Crippen molar-refractivity contribution in [2.24, 2.45) is 0 Å². The molecule has 8 heteroatoms. The number of hydrogen-bond acceptors (Lipinski definition) is 4. The molecular formula is C22H20Cl2N2O4.